The van der Waals surface area contributed by atoms with E-state index in [1.807, 2.05) is 6.07 Å². The summed E-state index contributed by atoms with van der Waals surface area (Å²) >= 11 is 0. The van der Waals surface area contributed by atoms with Gasteiger partial charge in [-0.25, -0.2) is 0 Å². The van der Waals surface area contributed by atoms with E-state index in [0.717, 1.165) is 12.8 Å². The van der Waals surface area contributed by atoms with Gasteiger partial charge in [0.2, 0.25) is 0 Å². The molecule has 0 saturated heterocycles. The zero-order chi connectivity index (χ0) is 20.5. The Morgan fingerprint density at radius 3 is 1.54 bits per heavy atom. The van der Waals surface area contributed by atoms with Crippen LogP contribution in [0.2, 0.25) is 0 Å². The Labute approximate surface area is 173 Å². The monoisotopic (exact) mass is 409 g/mol. The van der Waals surface area contributed by atoms with Crippen molar-refractivity contribution >= 4 is 7.94 Å². The molecule has 0 spiro atoms. The van der Waals surface area contributed by atoms with E-state index in [1.165, 1.54) is 77.0 Å². The molecule has 0 bridgehead atoms. The van der Waals surface area contributed by atoms with Crippen molar-refractivity contribution in [1.82, 2.24) is 5.32 Å². The smallest absolute Gasteiger partial charge is 0.127 e. The first-order chi connectivity index (χ1) is 13.6. The summed E-state index contributed by atoms with van der Waals surface area (Å²) in [7, 11) is -4.70. The summed E-state index contributed by atoms with van der Waals surface area (Å²) in [6.45, 7) is 2.82. The molecule has 0 fully saturated rings. The largest absolute Gasteiger partial charge is 0.686 e. The third kappa shape index (κ3) is 12.9. The molecule has 0 aromatic heterocycles. The topological polar surface area (TPSA) is 81.2 Å². The molecule has 1 atom stereocenters. The predicted octanol–water partition coefficient (Wildman–Crippen LogP) is 4.60. The van der Waals surface area contributed by atoms with Crippen molar-refractivity contribution in [3.05, 3.63) is 35.9 Å². The van der Waals surface area contributed by atoms with Crippen LogP contribution in [0.25, 0.3) is 0 Å². The average Bonchev–Trinajstić information content (AvgIpc) is 2.67. The standard InChI is InChI=1S/C23H42NO3P/c1-2-3-4-5-6-7-8-9-10-11-12-13-14-18-21-24-23(28(25,26)27)22-19-16-15-17-20-22/h15-17,19-20,23-24H,2-14,18,21H2,1H3,(H2,25,26,27)/p-2. The van der Waals surface area contributed by atoms with Gasteiger partial charge in [0.1, 0.15) is 5.78 Å². The van der Waals surface area contributed by atoms with Crippen molar-refractivity contribution in [1.29, 1.82) is 0 Å². The Kier molecular flexibility index (Phi) is 14.9. The van der Waals surface area contributed by atoms with Crippen molar-refractivity contribution in [3.63, 3.8) is 0 Å². The fourth-order valence-corrected chi connectivity index (χ4v) is 4.50. The van der Waals surface area contributed by atoms with Crippen LogP contribution in [0.4, 0.5) is 0 Å². The van der Waals surface area contributed by atoms with Gasteiger partial charge in [0, 0.05) is 5.56 Å². The first kappa shape index (κ1) is 25.5. The molecule has 0 amide bonds. The van der Waals surface area contributed by atoms with E-state index in [-0.39, 0.29) is 0 Å². The van der Waals surface area contributed by atoms with Crippen molar-refractivity contribution in [2.45, 2.75) is 103 Å². The molecule has 5 heteroatoms. The molecule has 0 heterocycles. The summed E-state index contributed by atoms with van der Waals surface area (Å²) in [4.78, 5) is 34.6. The van der Waals surface area contributed by atoms with Crippen LogP contribution in [0.3, 0.4) is 0 Å². The summed E-state index contributed by atoms with van der Waals surface area (Å²) < 4.78 is 0. The number of rotatable bonds is 18. The summed E-state index contributed by atoms with van der Waals surface area (Å²) in [6, 6.07) is 8.70. The highest BCUT2D eigenvalue weighted by atomic mass is 31.2. The van der Waals surface area contributed by atoms with Crippen molar-refractivity contribution < 1.29 is 14.7 Å². The lowest BCUT2D eigenvalue weighted by atomic mass is 10.0. The Morgan fingerprint density at radius 2 is 1.11 bits per heavy atom. The Bertz CT molecular complexity index is 465. The van der Waals surface area contributed by atoms with Crippen molar-refractivity contribution in [3.8, 4) is 0 Å². The van der Waals surface area contributed by atoms with Gasteiger partial charge < -0.3 is 14.7 Å². The molecule has 0 aliphatic rings. The Hall–Kier alpha value is -0.510. The Balaban J connectivity index is 1.97. The van der Waals surface area contributed by atoms with Crippen LogP contribution in [0.15, 0.2) is 30.3 Å². The van der Waals surface area contributed by atoms with Gasteiger partial charge in [0.15, 0.2) is 0 Å². The molecule has 1 unspecified atom stereocenters. The molecule has 0 radical (unpaired) electrons. The van der Waals surface area contributed by atoms with E-state index in [1.54, 1.807) is 24.3 Å². The van der Waals surface area contributed by atoms with E-state index in [9.17, 15) is 14.7 Å². The highest BCUT2D eigenvalue weighted by Crippen LogP contribution is 2.45. The van der Waals surface area contributed by atoms with Crippen LogP contribution in [-0.4, -0.2) is 6.54 Å². The average molecular weight is 410 g/mol. The highest BCUT2D eigenvalue weighted by molar-refractivity contribution is 7.54. The molecule has 28 heavy (non-hydrogen) atoms. The van der Waals surface area contributed by atoms with Crippen LogP contribution < -0.4 is 20.0 Å². The number of hydrogen-bond acceptors (Lipinski definition) is 4. The van der Waals surface area contributed by atoms with E-state index >= 15 is 0 Å². The Morgan fingerprint density at radius 1 is 0.679 bits per heavy atom. The lowest BCUT2D eigenvalue weighted by Crippen LogP contribution is -2.42. The van der Waals surface area contributed by atoms with E-state index in [2.05, 4.69) is 12.2 Å². The predicted molar refractivity (Wildman–Crippen MR) is 114 cm³/mol. The molecule has 162 valence electrons. The summed E-state index contributed by atoms with van der Waals surface area (Å²) in [5, 5.41) is 2.93. The third-order valence-corrected chi connectivity index (χ3v) is 6.41. The molecular weight excluding hydrogens is 369 g/mol. The number of nitrogens with one attached hydrogen (secondary N) is 1. The molecule has 4 nitrogen and oxygen atoms in total. The van der Waals surface area contributed by atoms with E-state index in [0.29, 0.717) is 12.1 Å². The lowest BCUT2D eigenvalue weighted by molar-refractivity contribution is -0.432. The van der Waals surface area contributed by atoms with Crippen LogP contribution in [0, 0.1) is 0 Å². The number of hydrogen-bond donors (Lipinski definition) is 1. The van der Waals surface area contributed by atoms with Gasteiger partial charge >= 0.3 is 0 Å². The second kappa shape index (κ2) is 16.3. The summed E-state index contributed by atoms with van der Waals surface area (Å²) in [5.41, 5.74) is 0.529. The van der Waals surface area contributed by atoms with Crippen molar-refractivity contribution in [2.24, 2.45) is 0 Å². The van der Waals surface area contributed by atoms with Crippen LogP contribution in [-0.2, 0) is 0 Å². The molecule has 1 aromatic rings. The first-order valence-electron chi connectivity index (χ1n) is 11.4. The molecule has 0 aliphatic carbocycles. The van der Waals surface area contributed by atoms with Gasteiger partial charge in [-0.15, -0.1) is 7.94 Å². The zero-order valence-corrected chi connectivity index (χ0v) is 18.6. The SMILES string of the molecule is CCCCCCCCCCCCCCCCNC(c1ccccc1)[P+]([O-])([O-])[O-]. The van der Waals surface area contributed by atoms with Crippen LogP contribution in [0.1, 0.15) is 108 Å². The fourth-order valence-electron chi connectivity index (χ4n) is 3.61. The second-order valence-corrected chi connectivity index (χ2v) is 9.50. The maximum atomic E-state index is 11.5. The van der Waals surface area contributed by atoms with Gasteiger partial charge in [0.05, 0.1) is 0 Å². The maximum Gasteiger partial charge on any atom is 0.127 e. The molecule has 1 aromatic carbocycles. The van der Waals surface area contributed by atoms with Gasteiger partial charge in [0.25, 0.3) is 0 Å². The minimum atomic E-state index is -4.70. The normalized spacial score (nSPS) is 13.0. The highest BCUT2D eigenvalue weighted by Gasteiger charge is 2.18. The number of benzene rings is 1. The first-order valence-corrected chi connectivity index (χ1v) is 13.0. The van der Waals surface area contributed by atoms with Gasteiger partial charge in [-0.2, -0.15) is 0 Å². The second-order valence-electron chi connectivity index (χ2n) is 7.90. The van der Waals surface area contributed by atoms with Gasteiger partial charge in [-0.05, 0) is 13.0 Å². The van der Waals surface area contributed by atoms with Gasteiger partial charge in [-0.1, -0.05) is 121 Å². The summed E-state index contributed by atoms with van der Waals surface area (Å²) in [6.07, 6.45) is 18.1. The zero-order valence-electron chi connectivity index (χ0n) is 17.7. The fraction of sp³-hybridized carbons (Fsp3) is 0.739. The molecule has 1 rings (SSSR count). The maximum absolute atomic E-state index is 11.5. The number of unbranched alkanes of at least 4 members (excludes halogenated alkanes) is 13. The van der Waals surface area contributed by atoms with E-state index < -0.39 is 13.7 Å². The minimum absolute atomic E-state index is 0.529. The third-order valence-electron chi connectivity index (χ3n) is 5.30. The molecular formula is C23H40NO3P-2. The molecule has 1 N–H and O–H groups in total. The quantitative estimate of drug-likeness (QED) is 0.284. The van der Waals surface area contributed by atoms with Crippen LogP contribution in [0.5, 0.6) is 0 Å². The minimum Gasteiger partial charge on any atom is -0.686 e. The molecule has 0 aliphatic heterocycles. The van der Waals surface area contributed by atoms with E-state index in [4.69, 9.17) is 0 Å². The van der Waals surface area contributed by atoms with Gasteiger partial charge in [-0.3, -0.25) is 5.32 Å². The van der Waals surface area contributed by atoms with Crippen LogP contribution >= 0.6 is 7.94 Å². The molecule has 0 saturated carbocycles. The lowest BCUT2D eigenvalue weighted by Gasteiger charge is -2.48. The summed E-state index contributed by atoms with van der Waals surface area (Å²) in [5.74, 6) is -1.12. The van der Waals surface area contributed by atoms with Crippen molar-refractivity contribution in [2.75, 3.05) is 6.54 Å².